The first-order chi connectivity index (χ1) is 15.5. The predicted molar refractivity (Wildman–Crippen MR) is 115 cm³/mol. The molecule has 2 aliphatic rings. The van der Waals surface area contributed by atoms with E-state index in [1.54, 1.807) is 24.5 Å². The van der Waals surface area contributed by atoms with Crippen molar-refractivity contribution in [2.45, 2.75) is 25.8 Å². The SMILES string of the molecule is COc1ccc(-c2ccc(-c3nncn3C[C@H]3CCN(C(=O)C4CC4)C3)c(F)c2)cc1F. The average Bonchev–Trinajstić information content (AvgIpc) is 3.38. The fourth-order valence-electron chi connectivity index (χ4n) is 4.37. The van der Waals surface area contributed by atoms with E-state index in [1.807, 2.05) is 9.47 Å². The fraction of sp³-hybridized carbons (Fsp3) is 0.375. The van der Waals surface area contributed by atoms with Crippen LogP contribution >= 0.6 is 0 Å². The van der Waals surface area contributed by atoms with Crippen LogP contribution in [0.25, 0.3) is 22.5 Å². The van der Waals surface area contributed by atoms with Gasteiger partial charge in [-0.15, -0.1) is 10.2 Å². The van der Waals surface area contributed by atoms with Crippen LogP contribution in [0.5, 0.6) is 5.75 Å². The Hall–Kier alpha value is -3.29. The molecule has 0 radical (unpaired) electrons. The highest BCUT2D eigenvalue weighted by atomic mass is 19.1. The third-order valence-corrected chi connectivity index (χ3v) is 6.29. The standard InChI is InChI=1S/C24H24F2N4O2/c1-32-22-7-5-18(11-21(22)26)17-4-6-19(20(25)10-17)23-28-27-14-30(23)13-15-8-9-29(12-15)24(31)16-2-3-16/h4-7,10-11,14-16H,2-3,8-9,12-13H2,1H3/t15-/m0/s1. The van der Waals surface area contributed by atoms with Gasteiger partial charge in [-0.05, 0) is 60.6 Å². The molecule has 3 aromatic rings. The van der Waals surface area contributed by atoms with Crippen LogP contribution in [0.4, 0.5) is 8.78 Å². The molecule has 1 aliphatic carbocycles. The number of amides is 1. The van der Waals surface area contributed by atoms with E-state index in [-0.39, 0.29) is 23.5 Å². The molecule has 2 aromatic carbocycles. The second-order valence-corrected chi connectivity index (χ2v) is 8.56. The molecule has 1 amide bonds. The number of halogens is 2. The van der Waals surface area contributed by atoms with Crippen molar-refractivity contribution in [3.63, 3.8) is 0 Å². The fourth-order valence-corrected chi connectivity index (χ4v) is 4.37. The van der Waals surface area contributed by atoms with Gasteiger partial charge in [0.1, 0.15) is 12.1 Å². The first-order valence-electron chi connectivity index (χ1n) is 10.8. The van der Waals surface area contributed by atoms with Gasteiger partial charge in [0, 0.05) is 25.6 Å². The summed E-state index contributed by atoms with van der Waals surface area (Å²) in [4.78, 5) is 14.3. The highest BCUT2D eigenvalue weighted by Crippen LogP contribution is 2.34. The van der Waals surface area contributed by atoms with Gasteiger partial charge in [-0.2, -0.15) is 0 Å². The van der Waals surface area contributed by atoms with Gasteiger partial charge in [-0.25, -0.2) is 8.78 Å². The van der Waals surface area contributed by atoms with E-state index in [0.717, 1.165) is 32.4 Å². The maximum atomic E-state index is 15.0. The van der Waals surface area contributed by atoms with E-state index in [2.05, 4.69) is 10.2 Å². The molecule has 5 rings (SSSR count). The number of hydrogen-bond donors (Lipinski definition) is 0. The number of benzene rings is 2. The van der Waals surface area contributed by atoms with Gasteiger partial charge in [0.05, 0.1) is 12.7 Å². The molecular weight excluding hydrogens is 414 g/mol. The number of rotatable bonds is 6. The van der Waals surface area contributed by atoms with E-state index in [1.165, 1.54) is 25.3 Å². The predicted octanol–water partition coefficient (Wildman–Crippen LogP) is 4.16. The Labute approximate surface area is 184 Å². The van der Waals surface area contributed by atoms with Crippen LogP contribution in [0.2, 0.25) is 0 Å². The number of nitrogens with zero attached hydrogens (tertiary/aromatic N) is 4. The summed E-state index contributed by atoms with van der Waals surface area (Å²) in [5.74, 6) is 0.422. The van der Waals surface area contributed by atoms with Crippen molar-refractivity contribution in [3.8, 4) is 28.3 Å². The number of ether oxygens (including phenoxy) is 1. The summed E-state index contributed by atoms with van der Waals surface area (Å²) in [6.45, 7) is 2.12. The van der Waals surface area contributed by atoms with E-state index in [0.29, 0.717) is 29.1 Å². The molecule has 32 heavy (non-hydrogen) atoms. The van der Waals surface area contributed by atoms with E-state index in [9.17, 15) is 9.18 Å². The lowest BCUT2D eigenvalue weighted by atomic mass is 10.0. The van der Waals surface area contributed by atoms with Gasteiger partial charge >= 0.3 is 0 Å². The first kappa shape index (κ1) is 20.6. The van der Waals surface area contributed by atoms with E-state index in [4.69, 9.17) is 4.74 Å². The third-order valence-electron chi connectivity index (χ3n) is 6.29. The molecule has 1 aliphatic heterocycles. The lowest BCUT2D eigenvalue weighted by Crippen LogP contribution is -2.30. The lowest BCUT2D eigenvalue weighted by Gasteiger charge is -2.17. The van der Waals surface area contributed by atoms with E-state index < -0.39 is 11.6 Å². The van der Waals surface area contributed by atoms with Gasteiger partial charge in [-0.1, -0.05) is 12.1 Å². The number of hydrogen-bond acceptors (Lipinski definition) is 4. The zero-order valence-corrected chi connectivity index (χ0v) is 17.8. The van der Waals surface area contributed by atoms with Crippen molar-refractivity contribution in [2.24, 2.45) is 11.8 Å². The molecular formula is C24H24F2N4O2. The molecule has 1 atom stereocenters. The maximum Gasteiger partial charge on any atom is 0.225 e. The van der Waals surface area contributed by atoms with Gasteiger partial charge in [0.25, 0.3) is 0 Å². The summed E-state index contributed by atoms with van der Waals surface area (Å²) >= 11 is 0. The molecule has 0 bridgehead atoms. The zero-order chi connectivity index (χ0) is 22.2. The summed E-state index contributed by atoms with van der Waals surface area (Å²) in [5, 5.41) is 8.12. The topological polar surface area (TPSA) is 60.3 Å². The van der Waals surface area contributed by atoms with Gasteiger partial charge in [-0.3, -0.25) is 4.79 Å². The number of carbonyl (C=O) groups excluding carboxylic acids is 1. The first-order valence-corrected chi connectivity index (χ1v) is 10.8. The Bertz CT molecular complexity index is 1160. The normalized spacial score (nSPS) is 18.2. The van der Waals surface area contributed by atoms with Crippen molar-refractivity contribution in [1.82, 2.24) is 19.7 Å². The Morgan fingerprint density at radius 1 is 1.09 bits per heavy atom. The lowest BCUT2D eigenvalue weighted by molar-refractivity contribution is -0.131. The van der Waals surface area contributed by atoms with Crippen molar-refractivity contribution < 1.29 is 18.3 Å². The van der Waals surface area contributed by atoms with Crippen molar-refractivity contribution >= 4 is 5.91 Å². The molecule has 166 valence electrons. The largest absolute Gasteiger partial charge is 0.494 e. The highest BCUT2D eigenvalue weighted by molar-refractivity contribution is 5.81. The van der Waals surface area contributed by atoms with E-state index >= 15 is 4.39 Å². The highest BCUT2D eigenvalue weighted by Gasteiger charge is 2.36. The maximum absolute atomic E-state index is 15.0. The number of likely N-dealkylation sites (tertiary alicyclic amines) is 1. The molecule has 2 fully saturated rings. The van der Waals surface area contributed by atoms with Crippen molar-refractivity contribution in [3.05, 3.63) is 54.4 Å². The zero-order valence-electron chi connectivity index (χ0n) is 17.8. The summed E-state index contributed by atoms with van der Waals surface area (Å²) in [5.41, 5.74) is 1.45. The molecule has 1 saturated carbocycles. The number of methoxy groups -OCH3 is 1. The minimum absolute atomic E-state index is 0.142. The molecule has 0 spiro atoms. The van der Waals surface area contributed by atoms with Crippen LogP contribution in [0.3, 0.4) is 0 Å². The second-order valence-electron chi connectivity index (χ2n) is 8.56. The number of aromatic nitrogens is 3. The quantitative estimate of drug-likeness (QED) is 0.580. The monoisotopic (exact) mass is 438 g/mol. The van der Waals surface area contributed by atoms with Crippen molar-refractivity contribution in [1.29, 1.82) is 0 Å². The molecule has 0 unspecified atom stereocenters. The average molecular weight is 438 g/mol. The Kier molecular flexibility index (Phi) is 5.36. The molecule has 1 saturated heterocycles. The van der Waals surface area contributed by atoms with Crippen LogP contribution in [0.15, 0.2) is 42.7 Å². The van der Waals surface area contributed by atoms with Gasteiger partial charge in [0.2, 0.25) is 5.91 Å². The summed E-state index contributed by atoms with van der Waals surface area (Å²) in [6.07, 6.45) is 4.54. The molecule has 2 heterocycles. The summed E-state index contributed by atoms with van der Waals surface area (Å²) in [7, 11) is 1.40. The summed E-state index contributed by atoms with van der Waals surface area (Å²) in [6, 6.07) is 9.29. The van der Waals surface area contributed by atoms with Crippen LogP contribution in [0, 0.1) is 23.5 Å². The molecule has 0 N–H and O–H groups in total. The van der Waals surface area contributed by atoms with Crippen LogP contribution in [-0.4, -0.2) is 45.8 Å². The van der Waals surface area contributed by atoms with Gasteiger partial charge < -0.3 is 14.2 Å². The Morgan fingerprint density at radius 3 is 2.53 bits per heavy atom. The Balaban J connectivity index is 1.33. The van der Waals surface area contributed by atoms with Crippen LogP contribution in [-0.2, 0) is 11.3 Å². The molecule has 1 aromatic heterocycles. The summed E-state index contributed by atoms with van der Waals surface area (Å²) < 4.78 is 35.9. The number of carbonyl (C=O) groups is 1. The van der Waals surface area contributed by atoms with Crippen LogP contribution < -0.4 is 4.74 Å². The smallest absolute Gasteiger partial charge is 0.225 e. The van der Waals surface area contributed by atoms with Gasteiger partial charge in [0.15, 0.2) is 17.4 Å². The van der Waals surface area contributed by atoms with Crippen molar-refractivity contribution in [2.75, 3.05) is 20.2 Å². The molecule has 6 nitrogen and oxygen atoms in total. The minimum atomic E-state index is -0.500. The minimum Gasteiger partial charge on any atom is -0.494 e. The third kappa shape index (κ3) is 3.97. The Morgan fingerprint density at radius 2 is 1.84 bits per heavy atom. The van der Waals surface area contributed by atoms with Crippen LogP contribution in [0.1, 0.15) is 19.3 Å². The second kappa shape index (κ2) is 8.33. The molecule has 8 heteroatoms.